The summed E-state index contributed by atoms with van der Waals surface area (Å²) in [5.74, 6) is 1.96. The lowest BCUT2D eigenvalue weighted by atomic mass is 10.1. The number of likely N-dealkylation sites (N-methyl/N-ethyl adjacent to an activating group) is 1. The van der Waals surface area contributed by atoms with Crippen molar-refractivity contribution in [2.45, 2.75) is 32.1 Å². The minimum absolute atomic E-state index is 0.0819. The molecule has 1 saturated heterocycles. The van der Waals surface area contributed by atoms with Gasteiger partial charge in [0.1, 0.15) is 11.6 Å². The number of allylic oxidation sites excluding steroid dienone is 1. The number of nitrogens with one attached hydrogen (secondary N) is 1. The number of benzene rings is 1. The highest BCUT2D eigenvalue weighted by molar-refractivity contribution is 5.66. The summed E-state index contributed by atoms with van der Waals surface area (Å²) in [6, 6.07) is 7.40. The molecule has 2 aromatic heterocycles. The highest BCUT2D eigenvalue weighted by Crippen LogP contribution is 2.40. The summed E-state index contributed by atoms with van der Waals surface area (Å²) in [6.07, 6.45) is 4.92. The molecule has 0 amide bonds. The first-order valence-corrected chi connectivity index (χ1v) is 11.7. The van der Waals surface area contributed by atoms with E-state index >= 15 is 4.39 Å². The summed E-state index contributed by atoms with van der Waals surface area (Å²) in [7, 11) is 2.10. The van der Waals surface area contributed by atoms with Crippen LogP contribution in [0, 0.1) is 5.82 Å². The molecule has 8 nitrogen and oxygen atoms in total. The van der Waals surface area contributed by atoms with Crippen LogP contribution < -0.4 is 15.0 Å². The Hall–Kier alpha value is -3.46. The third kappa shape index (κ3) is 4.23. The zero-order valence-corrected chi connectivity index (χ0v) is 19.3. The van der Waals surface area contributed by atoms with Gasteiger partial charge in [-0.25, -0.2) is 4.39 Å². The first-order valence-electron chi connectivity index (χ1n) is 11.7. The van der Waals surface area contributed by atoms with Crippen LogP contribution in [0.15, 0.2) is 34.4 Å². The molecule has 34 heavy (non-hydrogen) atoms. The van der Waals surface area contributed by atoms with Gasteiger partial charge in [0.15, 0.2) is 11.6 Å². The third-order valence-corrected chi connectivity index (χ3v) is 6.59. The summed E-state index contributed by atoms with van der Waals surface area (Å²) in [6.45, 7) is 5.52. The monoisotopic (exact) mass is 462 g/mol. The lowest BCUT2D eigenvalue weighted by Crippen LogP contribution is -2.44. The van der Waals surface area contributed by atoms with Crippen molar-refractivity contribution in [1.82, 2.24) is 20.0 Å². The van der Waals surface area contributed by atoms with E-state index in [9.17, 15) is 0 Å². The molecule has 6 rings (SSSR count). The molecule has 3 heterocycles. The molecular formula is C25H27FN6O2. The summed E-state index contributed by atoms with van der Waals surface area (Å²) in [5.41, 5.74) is 3.63. The topological polar surface area (TPSA) is 79.5 Å². The van der Waals surface area contributed by atoms with Gasteiger partial charge >= 0.3 is 6.01 Å². The van der Waals surface area contributed by atoms with Crippen LogP contribution >= 0.6 is 0 Å². The van der Waals surface area contributed by atoms with E-state index in [-0.39, 0.29) is 17.6 Å². The average Bonchev–Trinajstić information content (AvgIpc) is 3.45. The molecule has 9 heteroatoms. The second kappa shape index (κ2) is 8.39. The molecular weight excluding hydrogens is 435 g/mol. The number of rotatable bonds is 6. The van der Waals surface area contributed by atoms with Crippen LogP contribution in [0.5, 0.6) is 11.8 Å². The summed E-state index contributed by atoms with van der Waals surface area (Å²) < 4.78 is 26.5. The summed E-state index contributed by atoms with van der Waals surface area (Å²) in [5, 5.41) is 7.34. The Morgan fingerprint density at radius 1 is 1.12 bits per heavy atom. The van der Waals surface area contributed by atoms with E-state index in [1.165, 1.54) is 0 Å². The second-order valence-electron chi connectivity index (χ2n) is 9.42. The Kier molecular flexibility index (Phi) is 5.21. The predicted molar refractivity (Wildman–Crippen MR) is 127 cm³/mol. The first-order chi connectivity index (χ1) is 16.5. The summed E-state index contributed by atoms with van der Waals surface area (Å²) >= 11 is 0. The van der Waals surface area contributed by atoms with Crippen LogP contribution in [0.4, 0.5) is 21.9 Å². The number of piperazine rings is 1. The molecule has 1 saturated carbocycles. The van der Waals surface area contributed by atoms with Gasteiger partial charge in [-0.15, -0.1) is 0 Å². The van der Waals surface area contributed by atoms with E-state index in [0.29, 0.717) is 23.2 Å². The van der Waals surface area contributed by atoms with Crippen molar-refractivity contribution in [3.05, 3.63) is 52.5 Å². The minimum Gasteiger partial charge on any atom is -0.421 e. The van der Waals surface area contributed by atoms with Gasteiger partial charge in [-0.2, -0.15) is 9.97 Å². The molecule has 2 fully saturated rings. The van der Waals surface area contributed by atoms with Gasteiger partial charge in [0.2, 0.25) is 5.88 Å². The van der Waals surface area contributed by atoms with Gasteiger partial charge in [-0.3, -0.25) is 0 Å². The van der Waals surface area contributed by atoms with Crippen LogP contribution in [0.1, 0.15) is 42.5 Å². The SMILES string of the molecule is CC1=Cc2c(ccc(Oc3nc(Nc4cc(C5CC5)no4)cc(N4CCN(C)CC4)n3)c2F)C1. The quantitative estimate of drug-likeness (QED) is 0.563. The molecule has 3 aromatic rings. The fourth-order valence-electron chi connectivity index (χ4n) is 4.46. The second-order valence-corrected chi connectivity index (χ2v) is 9.42. The molecule has 0 radical (unpaired) electrons. The van der Waals surface area contributed by atoms with E-state index in [0.717, 1.165) is 68.1 Å². The van der Waals surface area contributed by atoms with Crippen molar-refractivity contribution in [2.75, 3.05) is 43.4 Å². The van der Waals surface area contributed by atoms with Gasteiger partial charge in [0.25, 0.3) is 0 Å². The van der Waals surface area contributed by atoms with E-state index in [1.807, 2.05) is 31.2 Å². The normalized spacial score (nSPS) is 18.1. The lowest BCUT2D eigenvalue weighted by Gasteiger charge is -2.33. The van der Waals surface area contributed by atoms with Gasteiger partial charge < -0.3 is 24.4 Å². The van der Waals surface area contributed by atoms with Crippen LogP contribution in [-0.2, 0) is 6.42 Å². The fourth-order valence-corrected chi connectivity index (χ4v) is 4.46. The van der Waals surface area contributed by atoms with Crippen LogP contribution in [-0.4, -0.2) is 53.3 Å². The number of hydrogen-bond acceptors (Lipinski definition) is 8. The molecule has 2 aliphatic carbocycles. The van der Waals surface area contributed by atoms with Crippen LogP contribution in [0.25, 0.3) is 6.08 Å². The maximum absolute atomic E-state index is 15.2. The van der Waals surface area contributed by atoms with Crippen molar-refractivity contribution >= 4 is 23.6 Å². The fraction of sp³-hybridized carbons (Fsp3) is 0.400. The Bertz CT molecular complexity index is 1260. The number of hydrogen-bond donors (Lipinski definition) is 1. The molecule has 176 valence electrons. The number of nitrogens with zero attached hydrogens (tertiary/aromatic N) is 5. The zero-order chi connectivity index (χ0) is 23.2. The number of anilines is 3. The Balaban J connectivity index is 1.31. The minimum atomic E-state index is -0.387. The Morgan fingerprint density at radius 2 is 1.94 bits per heavy atom. The van der Waals surface area contributed by atoms with Crippen LogP contribution in [0.2, 0.25) is 0 Å². The Labute approximate surface area is 197 Å². The Morgan fingerprint density at radius 3 is 2.74 bits per heavy atom. The number of halogens is 1. The molecule has 0 unspecified atom stereocenters. The number of aromatic nitrogens is 3. The standard InChI is InChI=1S/C25H27FN6O2/c1-15-11-17-5-6-20(24(26)18(17)12-15)33-25-28-21(27-23-13-19(30-34-23)16-3-4-16)14-22(29-25)32-9-7-31(2)8-10-32/h5-6,12-14,16H,3-4,7-11H2,1-2H3,(H,27,28,29). The highest BCUT2D eigenvalue weighted by Gasteiger charge is 2.27. The molecule has 0 atom stereocenters. The van der Waals surface area contributed by atoms with Crippen molar-refractivity contribution in [3.8, 4) is 11.8 Å². The van der Waals surface area contributed by atoms with Crippen molar-refractivity contribution in [1.29, 1.82) is 0 Å². The van der Waals surface area contributed by atoms with E-state index in [1.54, 1.807) is 6.07 Å². The molecule has 0 spiro atoms. The van der Waals surface area contributed by atoms with Gasteiger partial charge in [-0.1, -0.05) is 22.9 Å². The third-order valence-electron chi connectivity index (χ3n) is 6.59. The maximum atomic E-state index is 15.2. The average molecular weight is 463 g/mol. The molecule has 0 bridgehead atoms. The largest absolute Gasteiger partial charge is 0.421 e. The molecule has 1 aromatic carbocycles. The van der Waals surface area contributed by atoms with Gasteiger partial charge in [0, 0.05) is 49.8 Å². The van der Waals surface area contributed by atoms with E-state index < -0.39 is 0 Å². The van der Waals surface area contributed by atoms with E-state index in [4.69, 9.17) is 9.26 Å². The lowest BCUT2D eigenvalue weighted by molar-refractivity contribution is 0.311. The predicted octanol–water partition coefficient (Wildman–Crippen LogP) is 4.73. The number of ether oxygens (including phenoxy) is 1. The smallest absolute Gasteiger partial charge is 0.326 e. The first kappa shape index (κ1) is 21.1. The molecule has 1 N–H and O–H groups in total. The number of fused-ring (bicyclic) bond motifs is 1. The van der Waals surface area contributed by atoms with E-state index in [2.05, 4.69) is 37.3 Å². The summed E-state index contributed by atoms with van der Waals surface area (Å²) in [4.78, 5) is 13.6. The van der Waals surface area contributed by atoms with Crippen molar-refractivity contribution < 1.29 is 13.7 Å². The van der Waals surface area contributed by atoms with Crippen molar-refractivity contribution in [2.24, 2.45) is 0 Å². The van der Waals surface area contributed by atoms with Gasteiger partial charge in [0.05, 0.1) is 5.69 Å². The highest BCUT2D eigenvalue weighted by atomic mass is 19.1. The van der Waals surface area contributed by atoms with Crippen molar-refractivity contribution in [3.63, 3.8) is 0 Å². The maximum Gasteiger partial charge on any atom is 0.326 e. The zero-order valence-electron chi connectivity index (χ0n) is 19.3. The van der Waals surface area contributed by atoms with Gasteiger partial charge in [-0.05, 0) is 44.9 Å². The molecule has 3 aliphatic rings. The molecule has 1 aliphatic heterocycles. The van der Waals surface area contributed by atoms with Crippen LogP contribution in [0.3, 0.4) is 0 Å².